The number of piperazine rings is 1. The van der Waals surface area contributed by atoms with E-state index in [1.54, 1.807) is 35.2 Å². The molecule has 0 aliphatic carbocycles. The van der Waals surface area contributed by atoms with E-state index in [2.05, 4.69) is 0 Å². The maximum absolute atomic E-state index is 13.2. The van der Waals surface area contributed by atoms with Crippen LogP contribution in [-0.2, 0) is 14.8 Å². The van der Waals surface area contributed by atoms with Crippen molar-refractivity contribution in [2.75, 3.05) is 47.0 Å². The van der Waals surface area contributed by atoms with Crippen molar-refractivity contribution in [3.05, 3.63) is 48.0 Å². The molecule has 10 nitrogen and oxygen atoms in total. The quantitative estimate of drug-likeness (QED) is 0.611. The fourth-order valence-corrected chi connectivity index (χ4v) is 4.91. The summed E-state index contributed by atoms with van der Waals surface area (Å²) in [6.45, 7) is 0.411. The molecule has 0 unspecified atom stereocenters. The summed E-state index contributed by atoms with van der Waals surface area (Å²) in [5, 5.41) is 0. The number of rotatable bonds is 8. The molecule has 2 amide bonds. The Labute approximate surface area is 186 Å². The Kier molecular flexibility index (Phi) is 7.21. The molecule has 2 aromatic carbocycles. The SMILES string of the molecule is COc1ccc(OC)c(S(=O)(=O)N2CCN(C(=O)c3cccc(OCC(N)=O)c3)CC2)c1. The number of sulfonamides is 1. The Hall–Kier alpha value is -3.31. The van der Waals surface area contributed by atoms with Crippen molar-refractivity contribution in [1.29, 1.82) is 0 Å². The molecule has 2 aromatic rings. The average Bonchev–Trinajstić information content (AvgIpc) is 2.82. The van der Waals surface area contributed by atoms with Gasteiger partial charge in [-0.25, -0.2) is 8.42 Å². The first-order valence-electron chi connectivity index (χ1n) is 9.79. The van der Waals surface area contributed by atoms with Gasteiger partial charge in [0.1, 0.15) is 22.1 Å². The lowest BCUT2D eigenvalue weighted by Gasteiger charge is -2.34. The van der Waals surface area contributed by atoms with Gasteiger partial charge in [0.15, 0.2) is 6.61 Å². The van der Waals surface area contributed by atoms with Gasteiger partial charge in [-0.05, 0) is 30.3 Å². The molecular formula is C21H25N3O7S. The van der Waals surface area contributed by atoms with Crippen LogP contribution in [0.15, 0.2) is 47.4 Å². The molecule has 1 aliphatic heterocycles. The van der Waals surface area contributed by atoms with Crippen molar-refractivity contribution in [3.8, 4) is 17.2 Å². The molecule has 1 fully saturated rings. The van der Waals surface area contributed by atoms with Crippen LogP contribution in [0.1, 0.15) is 10.4 Å². The first-order chi connectivity index (χ1) is 15.3. The van der Waals surface area contributed by atoms with Crippen molar-refractivity contribution in [2.24, 2.45) is 5.73 Å². The van der Waals surface area contributed by atoms with Gasteiger partial charge in [-0.3, -0.25) is 9.59 Å². The highest BCUT2D eigenvalue weighted by molar-refractivity contribution is 7.89. The summed E-state index contributed by atoms with van der Waals surface area (Å²) in [6, 6.07) is 11.0. The Morgan fingerprint density at radius 3 is 2.31 bits per heavy atom. The Morgan fingerprint density at radius 1 is 0.969 bits per heavy atom. The zero-order valence-corrected chi connectivity index (χ0v) is 18.6. The molecule has 0 radical (unpaired) electrons. The van der Waals surface area contributed by atoms with Gasteiger partial charge in [0.05, 0.1) is 14.2 Å². The lowest BCUT2D eigenvalue weighted by Crippen LogP contribution is -2.50. The molecule has 1 aliphatic rings. The molecule has 0 spiro atoms. The molecule has 172 valence electrons. The van der Waals surface area contributed by atoms with Crippen LogP contribution < -0.4 is 19.9 Å². The van der Waals surface area contributed by atoms with Crippen LogP contribution in [0.4, 0.5) is 0 Å². The predicted octanol–water partition coefficient (Wildman–Crippen LogP) is 0.715. The molecule has 1 heterocycles. The molecule has 0 atom stereocenters. The standard InChI is InChI=1S/C21H25N3O7S/c1-29-16-6-7-18(30-2)19(13-16)32(27,28)24-10-8-23(9-11-24)21(26)15-4-3-5-17(12-15)31-14-20(22)25/h3-7,12-13H,8-11,14H2,1-2H3,(H2,22,25). The number of primary amides is 1. The molecule has 0 bridgehead atoms. The van der Waals surface area contributed by atoms with Crippen molar-refractivity contribution in [2.45, 2.75) is 4.90 Å². The maximum Gasteiger partial charge on any atom is 0.255 e. The Bertz CT molecular complexity index is 1100. The lowest BCUT2D eigenvalue weighted by atomic mass is 10.1. The van der Waals surface area contributed by atoms with Crippen LogP contribution in [0.2, 0.25) is 0 Å². The molecule has 0 saturated carbocycles. The third kappa shape index (κ3) is 5.11. The van der Waals surface area contributed by atoms with Crippen LogP contribution >= 0.6 is 0 Å². The summed E-state index contributed by atoms with van der Waals surface area (Å²) in [6.07, 6.45) is 0. The van der Waals surface area contributed by atoms with Crippen LogP contribution in [0.25, 0.3) is 0 Å². The summed E-state index contributed by atoms with van der Waals surface area (Å²) >= 11 is 0. The monoisotopic (exact) mass is 463 g/mol. The minimum absolute atomic E-state index is 0.0124. The summed E-state index contributed by atoms with van der Waals surface area (Å²) in [7, 11) is -0.990. The van der Waals surface area contributed by atoms with Gasteiger partial charge in [0, 0.05) is 37.8 Å². The van der Waals surface area contributed by atoms with Crippen molar-refractivity contribution in [3.63, 3.8) is 0 Å². The lowest BCUT2D eigenvalue weighted by molar-refractivity contribution is -0.119. The highest BCUT2D eigenvalue weighted by Gasteiger charge is 2.32. The molecule has 2 N–H and O–H groups in total. The molecule has 32 heavy (non-hydrogen) atoms. The minimum atomic E-state index is -3.85. The van der Waals surface area contributed by atoms with E-state index in [9.17, 15) is 18.0 Å². The minimum Gasteiger partial charge on any atom is -0.497 e. The van der Waals surface area contributed by atoms with Gasteiger partial charge >= 0.3 is 0 Å². The number of amides is 2. The number of carbonyl (C=O) groups is 2. The number of benzene rings is 2. The van der Waals surface area contributed by atoms with Crippen LogP contribution in [0, 0.1) is 0 Å². The first kappa shape index (κ1) is 23.4. The summed E-state index contributed by atoms with van der Waals surface area (Å²) in [4.78, 5) is 25.3. The van der Waals surface area contributed by atoms with Crippen molar-refractivity contribution in [1.82, 2.24) is 9.21 Å². The van der Waals surface area contributed by atoms with Crippen LogP contribution in [-0.4, -0.2) is 76.4 Å². The zero-order chi connectivity index (χ0) is 23.3. The van der Waals surface area contributed by atoms with Gasteiger partial charge in [-0.2, -0.15) is 4.31 Å². The van der Waals surface area contributed by atoms with Gasteiger partial charge in [-0.1, -0.05) is 6.07 Å². The number of nitrogens with two attached hydrogens (primary N) is 1. The number of hydrogen-bond acceptors (Lipinski definition) is 7. The topological polar surface area (TPSA) is 128 Å². The third-order valence-corrected chi connectivity index (χ3v) is 6.90. The number of carbonyl (C=O) groups excluding carboxylic acids is 2. The highest BCUT2D eigenvalue weighted by Crippen LogP contribution is 2.31. The van der Waals surface area contributed by atoms with Gasteiger partial charge in [0.25, 0.3) is 11.8 Å². The van der Waals surface area contributed by atoms with E-state index in [1.165, 1.54) is 30.7 Å². The number of nitrogens with zero attached hydrogens (tertiary/aromatic N) is 2. The van der Waals surface area contributed by atoms with E-state index in [-0.39, 0.29) is 49.3 Å². The normalized spacial score (nSPS) is 14.6. The predicted molar refractivity (Wildman–Crippen MR) is 115 cm³/mol. The largest absolute Gasteiger partial charge is 0.497 e. The van der Waals surface area contributed by atoms with E-state index < -0.39 is 15.9 Å². The zero-order valence-electron chi connectivity index (χ0n) is 17.8. The van der Waals surface area contributed by atoms with Crippen molar-refractivity contribution < 1.29 is 32.2 Å². The second kappa shape index (κ2) is 9.88. The van der Waals surface area contributed by atoms with E-state index >= 15 is 0 Å². The molecule has 11 heteroatoms. The van der Waals surface area contributed by atoms with E-state index in [0.29, 0.717) is 17.1 Å². The molecular weight excluding hydrogens is 438 g/mol. The number of ether oxygens (including phenoxy) is 3. The third-order valence-electron chi connectivity index (χ3n) is 4.98. The second-order valence-corrected chi connectivity index (χ2v) is 8.90. The summed E-state index contributed by atoms with van der Waals surface area (Å²) < 4.78 is 43.3. The first-order valence-corrected chi connectivity index (χ1v) is 11.2. The average molecular weight is 464 g/mol. The Morgan fingerprint density at radius 2 is 1.69 bits per heavy atom. The van der Waals surface area contributed by atoms with E-state index in [0.717, 1.165) is 0 Å². The number of methoxy groups -OCH3 is 2. The highest BCUT2D eigenvalue weighted by atomic mass is 32.2. The molecule has 1 saturated heterocycles. The van der Waals surface area contributed by atoms with Gasteiger partial charge in [-0.15, -0.1) is 0 Å². The number of hydrogen-bond donors (Lipinski definition) is 1. The smallest absolute Gasteiger partial charge is 0.255 e. The fourth-order valence-electron chi connectivity index (χ4n) is 3.31. The maximum atomic E-state index is 13.2. The Balaban J connectivity index is 1.70. The van der Waals surface area contributed by atoms with E-state index in [1.807, 2.05) is 0 Å². The van der Waals surface area contributed by atoms with Gasteiger partial charge < -0.3 is 24.8 Å². The summed E-state index contributed by atoms with van der Waals surface area (Å²) in [5.74, 6) is 0.0898. The van der Waals surface area contributed by atoms with Crippen LogP contribution in [0.3, 0.4) is 0 Å². The van der Waals surface area contributed by atoms with E-state index in [4.69, 9.17) is 19.9 Å². The fraction of sp³-hybridized carbons (Fsp3) is 0.333. The second-order valence-electron chi connectivity index (χ2n) is 7.00. The van der Waals surface area contributed by atoms with Crippen LogP contribution in [0.5, 0.6) is 17.2 Å². The van der Waals surface area contributed by atoms with Crippen molar-refractivity contribution >= 4 is 21.8 Å². The molecule has 0 aromatic heterocycles. The summed E-state index contributed by atoms with van der Waals surface area (Å²) in [5.41, 5.74) is 5.44. The molecule has 3 rings (SSSR count). The van der Waals surface area contributed by atoms with Gasteiger partial charge in [0.2, 0.25) is 10.0 Å².